The highest BCUT2D eigenvalue weighted by Crippen LogP contribution is 1.98. The van der Waals surface area contributed by atoms with Crippen molar-refractivity contribution >= 4 is 5.84 Å². The average molecular weight is 231 g/mol. The molecule has 0 spiro atoms. The highest BCUT2D eigenvalue weighted by atomic mass is 16.5. The van der Waals surface area contributed by atoms with E-state index in [0.717, 1.165) is 26.3 Å². The van der Waals surface area contributed by atoms with Gasteiger partial charge in [0.15, 0.2) is 0 Å². The fraction of sp³-hybridized carbons (Fsp3) is 0.909. The first-order valence-electron chi connectivity index (χ1n) is 5.71. The second kappa shape index (κ2) is 8.35. The Morgan fingerprint density at radius 3 is 2.56 bits per heavy atom. The van der Waals surface area contributed by atoms with Gasteiger partial charge >= 0.3 is 0 Å². The lowest BCUT2D eigenvalue weighted by molar-refractivity contribution is 0.0902. The molecule has 3 N–H and O–H groups in total. The van der Waals surface area contributed by atoms with Crippen LogP contribution >= 0.6 is 0 Å². The summed E-state index contributed by atoms with van der Waals surface area (Å²) in [7, 11) is 2.00. The third-order valence-corrected chi connectivity index (χ3v) is 2.27. The van der Waals surface area contributed by atoms with Gasteiger partial charge in [0.05, 0.1) is 6.61 Å². The van der Waals surface area contributed by atoms with Crippen LogP contribution in [0.5, 0.6) is 0 Å². The molecule has 0 heterocycles. The van der Waals surface area contributed by atoms with Crippen molar-refractivity contribution in [3.05, 3.63) is 0 Å². The Labute approximate surface area is 98.2 Å². The van der Waals surface area contributed by atoms with E-state index < -0.39 is 0 Å². The maximum Gasteiger partial charge on any atom is 0.143 e. The highest BCUT2D eigenvalue weighted by Gasteiger charge is 2.10. The van der Waals surface area contributed by atoms with Crippen molar-refractivity contribution < 1.29 is 9.94 Å². The van der Waals surface area contributed by atoms with E-state index in [-0.39, 0.29) is 11.8 Å². The first-order chi connectivity index (χ1) is 7.47. The number of nitrogens with two attached hydrogens (primary N) is 1. The molecule has 0 amide bonds. The monoisotopic (exact) mass is 231 g/mol. The topological polar surface area (TPSA) is 71.1 Å². The Morgan fingerprint density at radius 2 is 2.06 bits per heavy atom. The van der Waals surface area contributed by atoms with E-state index in [2.05, 4.69) is 23.9 Å². The summed E-state index contributed by atoms with van der Waals surface area (Å²) in [5.74, 6) is 0.899. The van der Waals surface area contributed by atoms with Gasteiger partial charge in [-0.05, 0) is 13.0 Å². The normalized spacial score (nSPS) is 14.8. The number of amidine groups is 1. The van der Waals surface area contributed by atoms with Crippen LogP contribution in [0.25, 0.3) is 0 Å². The minimum Gasteiger partial charge on any atom is -0.409 e. The minimum atomic E-state index is 0.0556. The van der Waals surface area contributed by atoms with Gasteiger partial charge in [0.25, 0.3) is 0 Å². The van der Waals surface area contributed by atoms with E-state index >= 15 is 0 Å². The molecule has 1 atom stereocenters. The largest absolute Gasteiger partial charge is 0.409 e. The molecule has 0 saturated heterocycles. The molecule has 0 aromatic carbocycles. The molecule has 0 aliphatic rings. The molecule has 0 rings (SSSR count). The third-order valence-electron chi connectivity index (χ3n) is 2.27. The first-order valence-corrected chi connectivity index (χ1v) is 5.71. The number of hydrogen-bond acceptors (Lipinski definition) is 4. The van der Waals surface area contributed by atoms with Gasteiger partial charge in [0, 0.05) is 25.6 Å². The zero-order valence-electron chi connectivity index (χ0n) is 10.8. The van der Waals surface area contributed by atoms with Crippen LogP contribution in [-0.4, -0.2) is 49.3 Å². The van der Waals surface area contributed by atoms with Gasteiger partial charge in [-0.15, -0.1) is 0 Å². The number of nitrogens with zero attached hydrogens (tertiary/aromatic N) is 2. The molecule has 0 fully saturated rings. The first kappa shape index (κ1) is 15.2. The zero-order chi connectivity index (χ0) is 12.6. The van der Waals surface area contributed by atoms with Crippen molar-refractivity contribution in [2.75, 3.05) is 33.4 Å². The van der Waals surface area contributed by atoms with E-state index in [0.29, 0.717) is 5.92 Å². The molecule has 0 saturated carbocycles. The van der Waals surface area contributed by atoms with Crippen LogP contribution in [0.2, 0.25) is 0 Å². The van der Waals surface area contributed by atoms with Crippen molar-refractivity contribution in [3.8, 4) is 0 Å². The van der Waals surface area contributed by atoms with E-state index in [1.807, 2.05) is 14.0 Å². The van der Waals surface area contributed by atoms with Gasteiger partial charge < -0.3 is 20.6 Å². The maximum atomic E-state index is 8.51. The molecule has 16 heavy (non-hydrogen) atoms. The van der Waals surface area contributed by atoms with Crippen LogP contribution in [0, 0.1) is 11.8 Å². The van der Waals surface area contributed by atoms with Crippen molar-refractivity contribution in [2.45, 2.75) is 20.8 Å². The SMILES string of the molecule is CC(C)COCCN(C)CC(C)C(N)=NO. The Bertz CT molecular complexity index is 207. The third kappa shape index (κ3) is 7.48. The Hall–Kier alpha value is -0.810. The lowest BCUT2D eigenvalue weighted by Gasteiger charge is -2.20. The minimum absolute atomic E-state index is 0.0556. The molecule has 0 aromatic rings. The smallest absolute Gasteiger partial charge is 0.143 e. The highest BCUT2D eigenvalue weighted by molar-refractivity contribution is 5.82. The number of ether oxygens (including phenoxy) is 1. The van der Waals surface area contributed by atoms with Gasteiger partial charge in [0.2, 0.25) is 0 Å². The molecule has 0 aromatic heterocycles. The lowest BCUT2D eigenvalue weighted by atomic mass is 10.1. The molecule has 5 heteroatoms. The van der Waals surface area contributed by atoms with Gasteiger partial charge in [-0.3, -0.25) is 0 Å². The van der Waals surface area contributed by atoms with Crippen molar-refractivity contribution in [2.24, 2.45) is 22.7 Å². The Kier molecular flexibility index (Phi) is 7.93. The van der Waals surface area contributed by atoms with Crippen molar-refractivity contribution in [1.82, 2.24) is 4.90 Å². The zero-order valence-corrected chi connectivity index (χ0v) is 10.8. The summed E-state index contributed by atoms with van der Waals surface area (Å²) in [4.78, 5) is 2.11. The maximum absolute atomic E-state index is 8.51. The van der Waals surface area contributed by atoms with Gasteiger partial charge in [-0.25, -0.2) is 0 Å². The number of rotatable bonds is 8. The molecule has 0 radical (unpaired) electrons. The predicted molar refractivity (Wildman–Crippen MR) is 65.7 cm³/mol. The van der Waals surface area contributed by atoms with Gasteiger partial charge in [-0.2, -0.15) is 0 Å². The molecular formula is C11H25N3O2. The van der Waals surface area contributed by atoms with Gasteiger partial charge in [0.1, 0.15) is 5.84 Å². The second-order valence-electron chi connectivity index (χ2n) is 4.66. The quantitative estimate of drug-likeness (QED) is 0.215. The van der Waals surface area contributed by atoms with Crippen LogP contribution in [0.4, 0.5) is 0 Å². The standard InChI is InChI=1S/C11H25N3O2/c1-9(2)8-16-6-5-14(4)7-10(3)11(12)13-15/h9-10,15H,5-8H2,1-4H3,(H2,12,13). The molecule has 5 nitrogen and oxygen atoms in total. The summed E-state index contributed by atoms with van der Waals surface area (Å²) >= 11 is 0. The summed E-state index contributed by atoms with van der Waals surface area (Å²) in [6, 6.07) is 0. The summed E-state index contributed by atoms with van der Waals surface area (Å²) in [6.45, 7) is 9.33. The fourth-order valence-corrected chi connectivity index (χ4v) is 1.29. The number of likely N-dealkylation sites (N-methyl/N-ethyl adjacent to an activating group) is 1. The average Bonchev–Trinajstić information content (AvgIpc) is 2.22. The van der Waals surface area contributed by atoms with Crippen LogP contribution in [-0.2, 0) is 4.74 Å². The second-order valence-corrected chi connectivity index (χ2v) is 4.66. The number of oxime groups is 1. The molecule has 0 aliphatic carbocycles. The molecular weight excluding hydrogens is 206 g/mol. The number of hydrogen-bond donors (Lipinski definition) is 2. The molecule has 1 unspecified atom stereocenters. The Morgan fingerprint density at radius 1 is 1.44 bits per heavy atom. The van der Waals surface area contributed by atoms with E-state index in [4.69, 9.17) is 15.7 Å². The molecule has 0 bridgehead atoms. The van der Waals surface area contributed by atoms with E-state index in [1.54, 1.807) is 0 Å². The molecule has 0 aliphatic heterocycles. The summed E-state index contributed by atoms with van der Waals surface area (Å²) in [5, 5.41) is 11.5. The van der Waals surface area contributed by atoms with Crippen LogP contribution in [0.3, 0.4) is 0 Å². The predicted octanol–water partition coefficient (Wildman–Crippen LogP) is 0.973. The van der Waals surface area contributed by atoms with Crippen LogP contribution < -0.4 is 5.73 Å². The summed E-state index contributed by atoms with van der Waals surface area (Å²) in [5.41, 5.74) is 5.50. The molecule has 96 valence electrons. The summed E-state index contributed by atoms with van der Waals surface area (Å²) < 4.78 is 5.48. The van der Waals surface area contributed by atoms with Crippen LogP contribution in [0.15, 0.2) is 5.16 Å². The van der Waals surface area contributed by atoms with Gasteiger partial charge in [-0.1, -0.05) is 25.9 Å². The Balaban J connectivity index is 3.62. The van der Waals surface area contributed by atoms with E-state index in [1.165, 1.54) is 0 Å². The fourth-order valence-electron chi connectivity index (χ4n) is 1.29. The summed E-state index contributed by atoms with van der Waals surface area (Å²) in [6.07, 6.45) is 0. The lowest BCUT2D eigenvalue weighted by Crippen LogP contribution is -2.34. The van der Waals surface area contributed by atoms with Crippen molar-refractivity contribution in [3.63, 3.8) is 0 Å². The van der Waals surface area contributed by atoms with Crippen LogP contribution in [0.1, 0.15) is 20.8 Å². The van der Waals surface area contributed by atoms with Crippen molar-refractivity contribution in [1.29, 1.82) is 0 Å². The van der Waals surface area contributed by atoms with E-state index in [9.17, 15) is 0 Å².